The highest BCUT2D eigenvalue weighted by atomic mass is 16.4. The molecule has 1 aromatic carbocycles. The Bertz CT molecular complexity index is 965. The first-order valence-electron chi connectivity index (χ1n) is 9.58. The Kier molecular flexibility index (Phi) is 5.21. The molecule has 1 N–H and O–H groups in total. The zero-order valence-corrected chi connectivity index (χ0v) is 16.0. The van der Waals surface area contributed by atoms with Crippen LogP contribution >= 0.6 is 0 Å². The lowest BCUT2D eigenvalue weighted by Gasteiger charge is -2.32. The van der Waals surface area contributed by atoms with Crippen LogP contribution in [0.25, 0.3) is 11.4 Å². The van der Waals surface area contributed by atoms with E-state index in [1.807, 2.05) is 36.0 Å². The van der Waals surface area contributed by atoms with E-state index < -0.39 is 5.97 Å². The van der Waals surface area contributed by atoms with Gasteiger partial charge in [0.15, 0.2) is 0 Å². The molecule has 2 aromatic heterocycles. The van der Waals surface area contributed by atoms with Crippen molar-refractivity contribution in [3.05, 3.63) is 71.8 Å². The van der Waals surface area contributed by atoms with E-state index in [0.717, 1.165) is 55.1 Å². The summed E-state index contributed by atoms with van der Waals surface area (Å²) in [5, 5.41) is 9.04. The molecule has 0 spiro atoms. The second-order valence-corrected chi connectivity index (χ2v) is 7.41. The summed E-state index contributed by atoms with van der Waals surface area (Å²) in [6.45, 7) is 2.85. The quantitative estimate of drug-likeness (QED) is 0.737. The Balaban J connectivity index is 1.46. The lowest BCUT2D eigenvalue weighted by molar-refractivity contribution is 0.0697. The zero-order valence-electron chi connectivity index (χ0n) is 16.0. The monoisotopic (exact) mass is 376 g/mol. The van der Waals surface area contributed by atoms with Gasteiger partial charge in [0.2, 0.25) is 0 Å². The van der Waals surface area contributed by atoms with Crippen LogP contribution in [-0.4, -0.2) is 43.6 Å². The molecule has 3 heterocycles. The van der Waals surface area contributed by atoms with Crippen molar-refractivity contribution in [2.75, 3.05) is 13.1 Å². The second-order valence-electron chi connectivity index (χ2n) is 7.41. The van der Waals surface area contributed by atoms with Gasteiger partial charge in [-0.25, -0.2) is 9.78 Å². The molecule has 144 valence electrons. The number of carboxylic acid groups (broad SMARTS) is 1. The molecule has 0 bridgehead atoms. The molecule has 1 aliphatic rings. The number of piperidine rings is 1. The van der Waals surface area contributed by atoms with Crippen LogP contribution in [-0.2, 0) is 13.6 Å². The lowest BCUT2D eigenvalue weighted by Crippen LogP contribution is -2.34. The van der Waals surface area contributed by atoms with Gasteiger partial charge >= 0.3 is 5.97 Å². The summed E-state index contributed by atoms with van der Waals surface area (Å²) in [7, 11) is 1.98. The van der Waals surface area contributed by atoms with E-state index in [1.54, 1.807) is 18.5 Å². The number of pyridine rings is 1. The van der Waals surface area contributed by atoms with Gasteiger partial charge in [-0.15, -0.1) is 0 Å². The Morgan fingerprint density at radius 1 is 1.21 bits per heavy atom. The van der Waals surface area contributed by atoms with Crippen LogP contribution in [0.4, 0.5) is 0 Å². The number of imidazole rings is 1. The summed E-state index contributed by atoms with van der Waals surface area (Å²) >= 11 is 0. The van der Waals surface area contributed by atoms with E-state index in [1.165, 1.54) is 0 Å². The van der Waals surface area contributed by atoms with Crippen molar-refractivity contribution in [1.29, 1.82) is 0 Å². The number of hydrogen-bond donors (Lipinski definition) is 1. The topological polar surface area (TPSA) is 71.2 Å². The maximum absolute atomic E-state index is 11.0. The molecule has 3 aromatic rings. The van der Waals surface area contributed by atoms with Gasteiger partial charge in [-0.1, -0.05) is 18.2 Å². The average Bonchev–Trinajstić information content (AvgIpc) is 3.15. The zero-order chi connectivity index (χ0) is 19.5. The maximum atomic E-state index is 11.0. The van der Waals surface area contributed by atoms with Crippen LogP contribution in [0.15, 0.2) is 55.0 Å². The van der Waals surface area contributed by atoms with Gasteiger partial charge in [-0.3, -0.25) is 9.88 Å². The van der Waals surface area contributed by atoms with Gasteiger partial charge in [0.1, 0.15) is 0 Å². The van der Waals surface area contributed by atoms with E-state index in [9.17, 15) is 4.79 Å². The minimum absolute atomic E-state index is 0.330. The molecule has 0 saturated carbocycles. The number of nitrogens with zero attached hydrogens (tertiary/aromatic N) is 4. The van der Waals surface area contributed by atoms with Crippen molar-refractivity contribution in [3.63, 3.8) is 0 Å². The Hall–Kier alpha value is -2.99. The summed E-state index contributed by atoms with van der Waals surface area (Å²) < 4.78 is 1.99. The van der Waals surface area contributed by atoms with E-state index in [0.29, 0.717) is 11.5 Å². The summed E-state index contributed by atoms with van der Waals surface area (Å²) in [4.78, 5) is 22.6. The van der Waals surface area contributed by atoms with E-state index in [4.69, 9.17) is 10.1 Å². The molecular formula is C22H24N4O2. The fourth-order valence-electron chi connectivity index (χ4n) is 3.88. The number of aryl methyl sites for hydroxylation is 1. The number of hydrogen-bond acceptors (Lipinski definition) is 4. The maximum Gasteiger partial charge on any atom is 0.335 e. The van der Waals surface area contributed by atoms with Gasteiger partial charge < -0.3 is 9.67 Å². The highest BCUT2D eigenvalue weighted by molar-refractivity contribution is 5.87. The second kappa shape index (κ2) is 7.94. The predicted octanol–water partition coefficient (Wildman–Crippen LogP) is 3.56. The number of carboxylic acids is 1. The average molecular weight is 376 g/mol. The van der Waals surface area contributed by atoms with Crippen LogP contribution in [0.1, 0.15) is 40.4 Å². The van der Waals surface area contributed by atoms with E-state index in [2.05, 4.69) is 22.0 Å². The molecule has 1 saturated heterocycles. The highest BCUT2D eigenvalue weighted by Gasteiger charge is 2.23. The highest BCUT2D eigenvalue weighted by Crippen LogP contribution is 2.28. The molecule has 4 rings (SSSR count). The molecule has 1 fully saturated rings. The van der Waals surface area contributed by atoms with Gasteiger partial charge in [-0.2, -0.15) is 0 Å². The third-order valence-corrected chi connectivity index (χ3v) is 5.38. The lowest BCUT2D eigenvalue weighted by atomic mass is 9.93. The Labute approximate surface area is 164 Å². The van der Waals surface area contributed by atoms with Crippen molar-refractivity contribution in [2.45, 2.75) is 25.3 Å². The van der Waals surface area contributed by atoms with Gasteiger partial charge in [-0.05, 0) is 49.2 Å². The number of aromatic nitrogens is 3. The summed E-state index contributed by atoms with van der Waals surface area (Å²) in [6.07, 6.45) is 5.91. The van der Waals surface area contributed by atoms with Crippen molar-refractivity contribution in [2.24, 2.45) is 7.05 Å². The normalized spacial score (nSPS) is 17.5. The van der Waals surface area contributed by atoms with Crippen LogP contribution in [0.2, 0.25) is 0 Å². The van der Waals surface area contributed by atoms with Crippen molar-refractivity contribution >= 4 is 5.97 Å². The molecule has 0 aliphatic carbocycles. The number of likely N-dealkylation sites (tertiary alicyclic amines) is 1. The molecule has 1 aliphatic heterocycles. The minimum atomic E-state index is -0.885. The van der Waals surface area contributed by atoms with E-state index >= 15 is 0 Å². The smallest absolute Gasteiger partial charge is 0.335 e. The minimum Gasteiger partial charge on any atom is -0.478 e. The van der Waals surface area contributed by atoms with Crippen molar-refractivity contribution in [1.82, 2.24) is 19.4 Å². The molecule has 1 atom stereocenters. The third kappa shape index (κ3) is 3.97. The number of aromatic carboxylic acids is 1. The molecule has 0 radical (unpaired) electrons. The van der Waals surface area contributed by atoms with Crippen LogP contribution < -0.4 is 0 Å². The standard InChI is InChI=1S/C22H24N4O2/c1-25-15-23-12-21(25)20-6-2-5-19(24-20)18-4-3-11-26(14-18)13-16-7-9-17(10-8-16)22(27)28/h2,5-10,12,15,18H,3-4,11,13-14H2,1H3,(H,27,28)/t18-/m0/s1. The largest absolute Gasteiger partial charge is 0.478 e. The molecule has 28 heavy (non-hydrogen) atoms. The number of rotatable bonds is 5. The fourth-order valence-corrected chi connectivity index (χ4v) is 3.88. The Morgan fingerprint density at radius 3 is 2.75 bits per heavy atom. The molecule has 0 unspecified atom stereocenters. The van der Waals surface area contributed by atoms with Crippen molar-refractivity contribution in [3.8, 4) is 11.4 Å². The fraction of sp³-hybridized carbons (Fsp3) is 0.318. The number of carbonyl (C=O) groups is 1. The van der Waals surface area contributed by atoms with Crippen LogP contribution in [0.3, 0.4) is 0 Å². The van der Waals surface area contributed by atoms with Gasteiger partial charge in [0.25, 0.3) is 0 Å². The summed E-state index contributed by atoms with van der Waals surface area (Å²) in [5.41, 5.74) is 4.58. The van der Waals surface area contributed by atoms with Gasteiger partial charge in [0.05, 0.1) is 29.5 Å². The third-order valence-electron chi connectivity index (χ3n) is 5.38. The molecule has 0 amide bonds. The molecule has 6 nitrogen and oxygen atoms in total. The first-order valence-corrected chi connectivity index (χ1v) is 9.58. The first-order chi connectivity index (χ1) is 13.6. The predicted molar refractivity (Wildman–Crippen MR) is 107 cm³/mol. The van der Waals surface area contributed by atoms with E-state index in [-0.39, 0.29) is 0 Å². The first kappa shape index (κ1) is 18.4. The van der Waals surface area contributed by atoms with Crippen LogP contribution in [0.5, 0.6) is 0 Å². The van der Waals surface area contributed by atoms with Gasteiger partial charge in [0, 0.05) is 31.7 Å². The molecule has 6 heteroatoms. The SMILES string of the molecule is Cn1cncc1-c1cccc([C@H]2CCCN(Cc3ccc(C(=O)O)cc3)C2)n1. The summed E-state index contributed by atoms with van der Waals surface area (Å²) in [6, 6.07) is 13.4. The van der Waals surface area contributed by atoms with Crippen molar-refractivity contribution < 1.29 is 9.90 Å². The number of benzene rings is 1. The van der Waals surface area contributed by atoms with Crippen LogP contribution in [0, 0.1) is 0 Å². The summed E-state index contributed by atoms with van der Waals surface area (Å²) in [5.74, 6) is -0.482. The molecular weight excluding hydrogens is 352 g/mol. The Morgan fingerprint density at radius 2 is 2.04 bits per heavy atom.